The van der Waals surface area contributed by atoms with Gasteiger partial charge < -0.3 is 9.72 Å². The van der Waals surface area contributed by atoms with Crippen molar-refractivity contribution in [2.24, 2.45) is 0 Å². The highest BCUT2D eigenvalue weighted by Gasteiger charge is 2.26. The van der Waals surface area contributed by atoms with E-state index in [4.69, 9.17) is 4.74 Å². The van der Waals surface area contributed by atoms with Crippen LogP contribution in [0.4, 0.5) is 17.6 Å². The minimum absolute atomic E-state index is 0.0467. The summed E-state index contributed by atoms with van der Waals surface area (Å²) in [4.78, 5) is 20.5. The third kappa shape index (κ3) is 5.97. The Bertz CT molecular complexity index is 1140. The summed E-state index contributed by atoms with van der Waals surface area (Å²) in [7, 11) is 0. The van der Waals surface area contributed by atoms with Crippen molar-refractivity contribution in [1.82, 2.24) is 9.97 Å². The van der Waals surface area contributed by atoms with Crippen LogP contribution < -0.4 is 10.3 Å². The molecule has 0 bridgehead atoms. The number of alkyl halides is 3. The van der Waals surface area contributed by atoms with Crippen molar-refractivity contribution in [2.45, 2.75) is 50.6 Å². The molecule has 0 unspecified atom stereocenters. The molecule has 1 fully saturated rings. The van der Waals surface area contributed by atoms with E-state index in [1.807, 2.05) is 6.20 Å². The molecule has 0 radical (unpaired) electrons. The maximum atomic E-state index is 14.7. The molecule has 1 saturated carbocycles. The molecule has 0 atom stereocenters. The number of nitrogens with zero attached hydrogens (tertiary/aromatic N) is 1. The maximum absolute atomic E-state index is 14.7. The molecule has 1 aliphatic carbocycles. The molecule has 1 aromatic carbocycles. The van der Waals surface area contributed by atoms with E-state index in [9.17, 15) is 22.4 Å². The lowest BCUT2D eigenvalue weighted by Gasteiger charge is -2.10. The number of rotatable bonds is 9. The second-order valence-corrected chi connectivity index (χ2v) is 8.97. The Labute approximate surface area is 186 Å². The van der Waals surface area contributed by atoms with E-state index in [-0.39, 0.29) is 29.9 Å². The normalized spacial score (nSPS) is 14.0. The predicted molar refractivity (Wildman–Crippen MR) is 116 cm³/mol. The van der Waals surface area contributed by atoms with Crippen LogP contribution in [0.25, 0.3) is 21.8 Å². The van der Waals surface area contributed by atoms with E-state index in [2.05, 4.69) is 9.97 Å². The summed E-state index contributed by atoms with van der Waals surface area (Å²) in [6.07, 6.45) is 0.0941. The number of aromatic nitrogens is 2. The standard InChI is InChI=1S/C23H22F4N2O2S/c24-18-12-16(31-9-3-1-2-8-23(25,26)27)6-7-17(18)19-10-15(11-21(30)29-19)22-28-13-20(32-22)14-4-5-14/h6-7,10-14H,1-5,8-9H2,(H,29,30). The Morgan fingerprint density at radius 3 is 2.66 bits per heavy atom. The number of hydrogen-bond acceptors (Lipinski definition) is 4. The van der Waals surface area contributed by atoms with Crippen LogP contribution in [0.2, 0.25) is 0 Å². The lowest BCUT2D eigenvalue weighted by atomic mass is 10.1. The molecule has 170 valence electrons. The number of unbranched alkanes of at least 4 members (excludes halogenated alkanes) is 2. The highest BCUT2D eigenvalue weighted by atomic mass is 32.1. The molecule has 0 saturated heterocycles. The molecule has 1 aliphatic rings. The van der Waals surface area contributed by atoms with Gasteiger partial charge in [-0.2, -0.15) is 13.2 Å². The molecule has 4 nitrogen and oxygen atoms in total. The van der Waals surface area contributed by atoms with Crippen LogP contribution in [0.15, 0.2) is 41.3 Å². The first-order valence-electron chi connectivity index (χ1n) is 10.5. The number of aromatic amines is 1. The van der Waals surface area contributed by atoms with Gasteiger partial charge in [-0.1, -0.05) is 0 Å². The van der Waals surface area contributed by atoms with Crippen LogP contribution >= 0.6 is 11.3 Å². The van der Waals surface area contributed by atoms with Crippen LogP contribution in [0.5, 0.6) is 5.75 Å². The van der Waals surface area contributed by atoms with E-state index in [0.29, 0.717) is 30.0 Å². The van der Waals surface area contributed by atoms with Crippen LogP contribution in [0.3, 0.4) is 0 Å². The quantitative estimate of drug-likeness (QED) is 0.283. The fourth-order valence-electron chi connectivity index (χ4n) is 3.39. The van der Waals surface area contributed by atoms with Crippen molar-refractivity contribution in [2.75, 3.05) is 6.61 Å². The number of ether oxygens (including phenoxy) is 1. The molecule has 2 heterocycles. The largest absolute Gasteiger partial charge is 0.493 e. The first kappa shape index (κ1) is 22.5. The van der Waals surface area contributed by atoms with Crippen LogP contribution in [-0.4, -0.2) is 22.8 Å². The summed E-state index contributed by atoms with van der Waals surface area (Å²) in [5.41, 5.74) is 0.853. The number of pyridine rings is 1. The lowest BCUT2D eigenvalue weighted by Crippen LogP contribution is -2.07. The van der Waals surface area contributed by atoms with Crippen LogP contribution in [-0.2, 0) is 0 Å². The minimum atomic E-state index is -4.14. The Morgan fingerprint density at radius 1 is 1.12 bits per heavy atom. The molecule has 2 aromatic heterocycles. The van der Waals surface area contributed by atoms with Gasteiger partial charge in [-0.05, 0) is 56.2 Å². The molecule has 9 heteroatoms. The number of nitrogens with one attached hydrogen (secondary N) is 1. The topological polar surface area (TPSA) is 55.0 Å². The Balaban J connectivity index is 1.41. The first-order chi connectivity index (χ1) is 15.3. The number of hydrogen-bond donors (Lipinski definition) is 1. The monoisotopic (exact) mass is 466 g/mol. The van der Waals surface area contributed by atoms with E-state index in [1.165, 1.54) is 23.1 Å². The van der Waals surface area contributed by atoms with E-state index >= 15 is 0 Å². The first-order valence-corrected chi connectivity index (χ1v) is 11.3. The summed E-state index contributed by atoms with van der Waals surface area (Å²) < 4.78 is 56.6. The van der Waals surface area contributed by atoms with Gasteiger partial charge >= 0.3 is 6.18 Å². The van der Waals surface area contributed by atoms with Gasteiger partial charge in [0.15, 0.2) is 0 Å². The average molecular weight is 467 g/mol. The van der Waals surface area contributed by atoms with Crippen molar-refractivity contribution in [3.63, 3.8) is 0 Å². The van der Waals surface area contributed by atoms with Crippen LogP contribution in [0.1, 0.15) is 49.3 Å². The number of halogens is 4. The Morgan fingerprint density at radius 2 is 1.94 bits per heavy atom. The van der Waals surface area contributed by atoms with Crippen molar-refractivity contribution in [3.8, 4) is 27.6 Å². The fourth-order valence-corrected chi connectivity index (χ4v) is 4.46. The Hall–Kier alpha value is -2.68. The molecule has 0 aliphatic heterocycles. The average Bonchev–Trinajstić information content (AvgIpc) is 3.46. The highest BCUT2D eigenvalue weighted by Crippen LogP contribution is 2.44. The van der Waals surface area contributed by atoms with E-state index < -0.39 is 18.4 Å². The lowest BCUT2D eigenvalue weighted by molar-refractivity contribution is -0.135. The highest BCUT2D eigenvalue weighted by molar-refractivity contribution is 7.15. The Kier molecular flexibility index (Phi) is 6.64. The third-order valence-corrected chi connectivity index (χ3v) is 6.41. The predicted octanol–water partition coefficient (Wildman–Crippen LogP) is 6.68. The molecule has 4 rings (SSSR count). The zero-order valence-electron chi connectivity index (χ0n) is 17.2. The smallest absolute Gasteiger partial charge is 0.389 e. The maximum Gasteiger partial charge on any atom is 0.389 e. The van der Waals surface area contributed by atoms with Gasteiger partial charge in [0, 0.05) is 40.8 Å². The van der Waals surface area contributed by atoms with Gasteiger partial charge in [-0.15, -0.1) is 11.3 Å². The summed E-state index contributed by atoms with van der Waals surface area (Å²) in [6.45, 7) is 0.205. The van der Waals surface area contributed by atoms with Gasteiger partial charge in [-0.25, -0.2) is 9.37 Å². The van der Waals surface area contributed by atoms with Crippen molar-refractivity contribution in [1.29, 1.82) is 0 Å². The second-order valence-electron chi connectivity index (χ2n) is 7.90. The van der Waals surface area contributed by atoms with Crippen LogP contribution in [0, 0.1) is 5.82 Å². The zero-order valence-corrected chi connectivity index (χ0v) is 18.0. The van der Waals surface area contributed by atoms with E-state index in [1.54, 1.807) is 23.5 Å². The summed E-state index contributed by atoms with van der Waals surface area (Å²) >= 11 is 1.55. The van der Waals surface area contributed by atoms with Crippen molar-refractivity contribution < 1.29 is 22.3 Å². The SMILES string of the molecule is O=c1cc(-c2ncc(C3CC3)s2)cc(-c2ccc(OCCCCCC(F)(F)F)cc2F)[nH]1. The van der Waals surface area contributed by atoms with Gasteiger partial charge in [0.05, 0.1) is 12.3 Å². The van der Waals surface area contributed by atoms with Gasteiger partial charge in [0.2, 0.25) is 5.56 Å². The third-order valence-electron chi connectivity index (χ3n) is 5.20. The fraction of sp³-hybridized carbons (Fsp3) is 0.391. The molecule has 0 spiro atoms. The summed E-state index contributed by atoms with van der Waals surface area (Å²) in [6, 6.07) is 7.46. The zero-order chi connectivity index (χ0) is 22.7. The minimum Gasteiger partial charge on any atom is -0.493 e. The number of benzene rings is 1. The molecule has 0 amide bonds. The van der Waals surface area contributed by atoms with Crippen molar-refractivity contribution >= 4 is 11.3 Å². The van der Waals surface area contributed by atoms with Gasteiger partial charge in [0.25, 0.3) is 0 Å². The molecule has 3 aromatic rings. The number of thiazole rings is 1. The van der Waals surface area contributed by atoms with Gasteiger partial charge in [-0.3, -0.25) is 4.79 Å². The van der Waals surface area contributed by atoms with E-state index in [0.717, 1.165) is 17.8 Å². The molecule has 1 N–H and O–H groups in total. The molecular formula is C23H22F4N2O2S. The number of H-pyrrole nitrogens is 1. The summed E-state index contributed by atoms with van der Waals surface area (Å²) in [5, 5.41) is 0.727. The van der Waals surface area contributed by atoms with Crippen molar-refractivity contribution in [3.05, 3.63) is 57.6 Å². The summed E-state index contributed by atoms with van der Waals surface area (Å²) in [5.74, 6) is 0.289. The second kappa shape index (κ2) is 9.44. The van der Waals surface area contributed by atoms with Gasteiger partial charge in [0.1, 0.15) is 16.6 Å². The molecular weight excluding hydrogens is 444 g/mol. The molecule has 32 heavy (non-hydrogen) atoms.